The van der Waals surface area contributed by atoms with Gasteiger partial charge in [-0.3, -0.25) is 14.3 Å². The largest absolute Gasteiger partial charge is 0.345 e. The van der Waals surface area contributed by atoms with Crippen molar-refractivity contribution in [2.75, 3.05) is 18.0 Å². The second-order valence-corrected chi connectivity index (χ2v) is 7.40. The van der Waals surface area contributed by atoms with E-state index in [1.807, 2.05) is 30.3 Å². The zero-order valence-electron chi connectivity index (χ0n) is 17.0. The summed E-state index contributed by atoms with van der Waals surface area (Å²) in [6.07, 6.45) is 3.75. The first-order valence-electron chi connectivity index (χ1n) is 10.1. The maximum absolute atomic E-state index is 12.9. The topological polar surface area (TPSA) is 102 Å². The Kier molecular flexibility index (Phi) is 5.91. The first-order valence-corrected chi connectivity index (χ1v) is 10.1. The lowest BCUT2D eigenvalue weighted by atomic mass is 10.1. The molecule has 1 aliphatic rings. The number of rotatable bonds is 5. The molecule has 1 atom stereocenters. The van der Waals surface area contributed by atoms with E-state index in [4.69, 9.17) is 5.73 Å². The fourth-order valence-electron chi connectivity index (χ4n) is 3.69. The van der Waals surface area contributed by atoms with E-state index in [-0.39, 0.29) is 17.8 Å². The van der Waals surface area contributed by atoms with Crippen molar-refractivity contribution in [1.82, 2.24) is 25.1 Å². The molecular formula is C22H25N7O. The number of nitrogens with one attached hydrogen (secondary N) is 1. The average molecular weight is 403 g/mol. The van der Waals surface area contributed by atoms with Crippen molar-refractivity contribution in [3.05, 3.63) is 47.9 Å². The maximum atomic E-state index is 12.9. The summed E-state index contributed by atoms with van der Waals surface area (Å²) >= 11 is 0. The van der Waals surface area contributed by atoms with Crippen molar-refractivity contribution < 1.29 is 4.79 Å². The van der Waals surface area contributed by atoms with Crippen LogP contribution in [0.1, 0.15) is 35.9 Å². The molecule has 0 radical (unpaired) electrons. The van der Waals surface area contributed by atoms with Crippen molar-refractivity contribution in [2.45, 2.75) is 38.9 Å². The molecule has 0 aliphatic carbocycles. The Balaban J connectivity index is 1.52. The fraction of sp³-hybridized carbons (Fsp3) is 0.364. The van der Waals surface area contributed by atoms with Gasteiger partial charge in [0.05, 0.1) is 12.1 Å². The molecule has 1 unspecified atom stereocenters. The number of nitrogens with two attached hydrogens (primary N) is 1. The van der Waals surface area contributed by atoms with E-state index in [2.05, 4.69) is 37.2 Å². The van der Waals surface area contributed by atoms with Crippen LogP contribution in [0.4, 0.5) is 5.95 Å². The van der Waals surface area contributed by atoms with Crippen LogP contribution in [0.25, 0.3) is 10.9 Å². The standard InChI is InChI=1S/C22H25N7O/c1-2-3-12-29-20(26-27-22(29)28-11-5-7-18(23)15-28)21(30)25-14-16-8-9-19-17(13-16)6-4-10-24-19/h4,6,8-10,13,18H,5,7,11-12,14-15,23H2,1H3,(H,25,30). The molecule has 8 nitrogen and oxygen atoms in total. The number of amides is 1. The molecule has 1 amide bonds. The van der Waals surface area contributed by atoms with Crippen LogP contribution >= 0.6 is 0 Å². The number of anilines is 1. The Hall–Kier alpha value is -3.44. The van der Waals surface area contributed by atoms with E-state index in [1.54, 1.807) is 17.7 Å². The Morgan fingerprint density at radius 2 is 2.23 bits per heavy atom. The molecule has 1 aromatic carbocycles. The van der Waals surface area contributed by atoms with Gasteiger partial charge in [0.2, 0.25) is 11.8 Å². The SMILES string of the molecule is CC#CCn1c(C(=O)NCc2ccc3ncccc3c2)nnc1N1CCCC(N)C1. The molecular weight excluding hydrogens is 378 g/mol. The van der Waals surface area contributed by atoms with Gasteiger partial charge in [0, 0.05) is 37.3 Å². The smallest absolute Gasteiger partial charge is 0.289 e. The van der Waals surface area contributed by atoms with Gasteiger partial charge in [-0.05, 0) is 43.5 Å². The normalized spacial score (nSPS) is 16.2. The molecule has 0 bridgehead atoms. The monoisotopic (exact) mass is 403 g/mol. The number of fused-ring (bicyclic) bond motifs is 1. The summed E-state index contributed by atoms with van der Waals surface area (Å²) < 4.78 is 1.77. The van der Waals surface area contributed by atoms with Crippen LogP contribution in [0.5, 0.6) is 0 Å². The van der Waals surface area contributed by atoms with Crippen LogP contribution in [0.15, 0.2) is 36.5 Å². The summed E-state index contributed by atoms with van der Waals surface area (Å²) in [5.74, 6) is 6.53. The van der Waals surface area contributed by atoms with Gasteiger partial charge in [0.25, 0.3) is 5.91 Å². The lowest BCUT2D eigenvalue weighted by Gasteiger charge is -2.31. The van der Waals surface area contributed by atoms with Crippen molar-refractivity contribution in [2.24, 2.45) is 5.73 Å². The Morgan fingerprint density at radius 3 is 3.07 bits per heavy atom. The van der Waals surface area contributed by atoms with Crippen LogP contribution in [-0.2, 0) is 13.1 Å². The van der Waals surface area contributed by atoms with Gasteiger partial charge in [-0.1, -0.05) is 18.1 Å². The Bertz CT molecular complexity index is 1110. The number of hydrogen-bond donors (Lipinski definition) is 2. The molecule has 3 N–H and O–H groups in total. The Labute approximate surface area is 175 Å². The molecule has 1 fully saturated rings. The minimum atomic E-state index is -0.278. The van der Waals surface area contributed by atoms with Crippen LogP contribution in [0.2, 0.25) is 0 Å². The molecule has 2 aromatic heterocycles. The summed E-state index contributed by atoms with van der Waals surface area (Å²) in [7, 11) is 0. The molecule has 8 heteroatoms. The van der Waals surface area contributed by atoms with Crippen molar-refractivity contribution in [3.63, 3.8) is 0 Å². The van der Waals surface area contributed by atoms with Gasteiger partial charge in [-0.25, -0.2) is 0 Å². The molecule has 1 saturated heterocycles. The quantitative estimate of drug-likeness (QED) is 0.629. The van der Waals surface area contributed by atoms with E-state index in [9.17, 15) is 4.79 Å². The number of nitrogens with zero attached hydrogens (tertiary/aromatic N) is 5. The first-order chi connectivity index (χ1) is 14.7. The number of hydrogen-bond acceptors (Lipinski definition) is 6. The maximum Gasteiger partial charge on any atom is 0.289 e. The molecule has 30 heavy (non-hydrogen) atoms. The summed E-state index contributed by atoms with van der Waals surface area (Å²) in [4.78, 5) is 19.3. The molecule has 3 aromatic rings. The lowest BCUT2D eigenvalue weighted by molar-refractivity contribution is 0.0936. The number of pyridine rings is 1. The predicted molar refractivity (Wildman–Crippen MR) is 116 cm³/mol. The highest BCUT2D eigenvalue weighted by Gasteiger charge is 2.25. The van der Waals surface area contributed by atoms with E-state index in [1.165, 1.54) is 0 Å². The highest BCUT2D eigenvalue weighted by Crippen LogP contribution is 2.19. The zero-order chi connectivity index (χ0) is 20.9. The minimum Gasteiger partial charge on any atom is -0.345 e. The lowest BCUT2D eigenvalue weighted by Crippen LogP contribution is -2.44. The summed E-state index contributed by atoms with van der Waals surface area (Å²) in [5.41, 5.74) is 8.04. The highest BCUT2D eigenvalue weighted by atomic mass is 16.2. The highest BCUT2D eigenvalue weighted by molar-refractivity contribution is 5.91. The second kappa shape index (κ2) is 8.93. The number of piperidine rings is 1. The van der Waals surface area contributed by atoms with Crippen LogP contribution in [-0.4, -0.2) is 44.8 Å². The van der Waals surface area contributed by atoms with Gasteiger partial charge in [-0.15, -0.1) is 16.1 Å². The van der Waals surface area contributed by atoms with Gasteiger partial charge in [0.1, 0.15) is 0 Å². The molecule has 1 aliphatic heterocycles. The molecule has 0 saturated carbocycles. The summed E-state index contributed by atoms with van der Waals surface area (Å²) in [5, 5.41) is 12.4. The predicted octanol–water partition coefficient (Wildman–Crippen LogP) is 1.71. The van der Waals surface area contributed by atoms with Crippen LogP contribution in [0.3, 0.4) is 0 Å². The van der Waals surface area contributed by atoms with Crippen molar-refractivity contribution >= 4 is 22.8 Å². The third-order valence-corrected chi connectivity index (χ3v) is 5.21. The molecule has 154 valence electrons. The van der Waals surface area contributed by atoms with E-state index in [0.717, 1.165) is 35.9 Å². The summed E-state index contributed by atoms with van der Waals surface area (Å²) in [6, 6.07) is 9.94. The number of benzene rings is 1. The summed E-state index contributed by atoms with van der Waals surface area (Å²) in [6.45, 7) is 4.06. The zero-order valence-corrected chi connectivity index (χ0v) is 17.0. The third-order valence-electron chi connectivity index (χ3n) is 5.21. The minimum absolute atomic E-state index is 0.0980. The average Bonchev–Trinajstić information content (AvgIpc) is 3.20. The Morgan fingerprint density at radius 1 is 1.33 bits per heavy atom. The van der Waals surface area contributed by atoms with E-state index in [0.29, 0.717) is 25.6 Å². The molecule has 4 rings (SSSR count). The first kappa shape index (κ1) is 19.9. The van der Waals surface area contributed by atoms with Gasteiger partial charge >= 0.3 is 0 Å². The number of carbonyl (C=O) groups excluding carboxylic acids is 1. The van der Waals surface area contributed by atoms with Gasteiger partial charge in [0.15, 0.2) is 0 Å². The number of aromatic nitrogens is 4. The van der Waals surface area contributed by atoms with Crippen molar-refractivity contribution in [1.29, 1.82) is 0 Å². The van der Waals surface area contributed by atoms with Crippen LogP contribution in [0, 0.1) is 11.8 Å². The molecule has 0 spiro atoms. The number of carbonyl (C=O) groups is 1. The third kappa shape index (κ3) is 4.26. The second-order valence-electron chi connectivity index (χ2n) is 7.40. The van der Waals surface area contributed by atoms with E-state index >= 15 is 0 Å². The van der Waals surface area contributed by atoms with Crippen LogP contribution < -0.4 is 16.0 Å². The molecule has 3 heterocycles. The van der Waals surface area contributed by atoms with Gasteiger partial charge in [-0.2, -0.15) is 0 Å². The van der Waals surface area contributed by atoms with Crippen molar-refractivity contribution in [3.8, 4) is 11.8 Å². The van der Waals surface area contributed by atoms with Gasteiger partial charge < -0.3 is 16.0 Å². The van der Waals surface area contributed by atoms with E-state index < -0.39 is 0 Å². The fourth-order valence-corrected chi connectivity index (χ4v) is 3.69.